The number of carbonyl (C=O) groups excluding carboxylic acids is 1. The van der Waals surface area contributed by atoms with Crippen molar-refractivity contribution in [2.75, 3.05) is 6.54 Å². The van der Waals surface area contributed by atoms with E-state index in [4.69, 9.17) is 0 Å². The first-order valence-electron chi connectivity index (χ1n) is 6.74. The SMILES string of the molecule is Cc1ccc(C(=O)NCC(O)c2c(F)cccc2F)c(C)n1. The molecule has 1 atom stereocenters. The van der Waals surface area contributed by atoms with Crippen LogP contribution in [0.1, 0.15) is 33.4 Å². The average Bonchev–Trinajstić information content (AvgIpc) is 2.44. The van der Waals surface area contributed by atoms with Crippen molar-refractivity contribution in [3.05, 3.63) is 64.5 Å². The molecule has 2 aromatic rings. The molecule has 2 N–H and O–H groups in total. The van der Waals surface area contributed by atoms with Crippen LogP contribution in [0.5, 0.6) is 0 Å². The minimum absolute atomic E-state index is 0.302. The molecule has 0 radical (unpaired) electrons. The van der Waals surface area contributed by atoms with E-state index in [0.29, 0.717) is 11.3 Å². The van der Waals surface area contributed by atoms with Gasteiger partial charge in [-0.3, -0.25) is 9.78 Å². The lowest BCUT2D eigenvalue weighted by Crippen LogP contribution is -2.29. The highest BCUT2D eigenvalue weighted by Crippen LogP contribution is 2.20. The maximum atomic E-state index is 13.5. The number of halogens is 2. The molecule has 0 aliphatic rings. The fourth-order valence-electron chi connectivity index (χ4n) is 2.14. The van der Waals surface area contributed by atoms with Crippen LogP contribution >= 0.6 is 0 Å². The van der Waals surface area contributed by atoms with E-state index in [-0.39, 0.29) is 6.54 Å². The number of aromatic nitrogens is 1. The van der Waals surface area contributed by atoms with E-state index in [1.54, 1.807) is 26.0 Å². The summed E-state index contributed by atoms with van der Waals surface area (Å²) in [6, 6.07) is 6.62. The van der Waals surface area contributed by atoms with Crippen LogP contribution in [-0.4, -0.2) is 22.5 Å². The van der Waals surface area contributed by atoms with Gasteiger partial charge >= 0.3 is 0 Å². The lowest BCUT2D eigenvalue weighted by atomic mass is 10.1. The van der Waals surface area contributed by atoms with Crippen molar-refractivity contribution in [2.45, 2.75) is 20.0 Å². The Kier molecular flexibility index (Phi) is 4.82. The zero-order valence-electron chi connectivity index (χ0n) is 12.2. The summed E-state index contributed by atoms with van der Waals surface area (Å²) in [4.78, 5) is 16.2. The Bertz CT molecular complexity index is 684. The van der Waals surface area contributed by atoms with Gasteiger partial charge in [0.25, 0.3) is 5.91 Å². The molecule has 22 heavy (non-hydrogen) atoms. The van der Waals surface area contributed by atoms with Crippen LogP contribution in [0.25, 0.3) is 0 Å². The first-order valence-corrected chi connectivity index (χ1v) is 6.74. The molecule has 1 aromatic carbocycles. The number of hydrogen-bond donors (Lipinski definition) is 2. The number of benzene rings is 1. The zero-order chi connectivity index (χ0) is 16.3. The Morgan fingerprint density at radius 2 is 1.86 bits per heavy atom. The number of amides is 1. The first kappa shape index (κ1) is 16.0. The van der Waals surface area contributed by atoms with Gasteiger partial charge in [-0.2, -0.15) is 0 Å². The number of nitrogens with zero attached hydrogens (tertiary/aromatic N) is 1. The normalized spacial score (nSPS) is 12.0. The number of carbonyl (C=O) groups is 1. The van der Waals surface area contributed by atoms with Crippen molar-refractivity contribution in [1.82, 2.24) is 10.3 Å². The molecule has 1 amide bonds. The van der Waals surface area contributed by atoms with Crippen molar-refractivity contribution < 1.29 is 18.7 Å². The summed E-state index contributed by atoms with van der Waals surface area (Å²) in [5.41, 5.74) is 1.22. The molecule has 0 fully saturated rings. The van der Waals surface area contributed by atoms with E-state index in [2.05, 4.69) is 10.3 Å². The molecule has 4 nitrogen and oxygen atoms in total. The van der Waals surface area contributed by atoms with Crippen LogP contribution in [0.4, 0.5) is 8.78 Å². The predicted octanol–water partition coefficient (Wildman–Crippen LogP) is 2.44. The fraction of sp³-hybridized carbons (Fsp3) is 0.250. The molecular formula is C16H16F2N2O2. The Morgan fingerprint density at radius 3 is 2.45 bits per heavy atom. The molecule has 6 heteroatoms. The van der Waals surface area contributed by atoms with Gasteiger partial charge in [0.15, 0.2) is 0 Å². The Hall–Kier alpha value is -2.34. The number of aliphatic hydroxyl groups is 1. The molecule has 0 bridgehead atoms. The number of hydrogen-bond acceptors (Lipinski definition) is 3. The highest BCUT2D eigenvalue weighted by atomic mass is 19.1. The van der Waals surface area contributed by atoms with E-state index in [1.165, 1.54) is 6.07 Å². The topological polar surface area (TPSA) is 62.2 Å². The van der Waals surface area contributed by atoms with Gasteiger partial charge in [-0.05, 0) is 38.1 Å². The van der Waals surface area contributed by atoms with E-state index in [9.17, 15) is 18.7 Å². The summed E-state index contributed by atoms with van der Waals surface area (Å²) < 4.78 is 27.1. The summed E-state index contributed by atoms with van der Waals surface area (Å²) >= 11 is 0. The molecule has 116 valence electrons. The summed E-state index contributed by atoms with van der Waals surface area (Å²) in [7, 11) is 0. The monoisotopic (exact) mass is 306 g/mol. The number of aliphatic hydroxyl groups excluding tert-OH is 1. The minimum atomic E-state index is -1.47. The fourth-order valence-corrected chi connectivity index (χ4v) is 2.14. The minimum Gasteiger partial charge on any atom is -0.386 e. The first-order chi connectivity index (χ1) is 10.4. The van der Waals surface area contributed by atoms with Gasteiger partial charge in [-0.25, -0.2) is 8.78 Å². The highest BCUT2D eigenvalue weighted by Gasteiger charge is 2.19. The van der Waals surface area contributed by atoms with E-state index in [1.807, 2.05) is 0 Å². The van der Waals surface area contributed by atoms with Crippen LogP contribution in [-0.2, 0) is 0 Å². The highest BCUT2D eigenvalue weighted by molar-refractivity contribution is 5.95. The third-order valence-corrected chi connectivity index (χ3v) is 3.26. The molecular weight excluding hydrogens is 290 g/mol. The number of rotatable bonds is 4. The second-order valence-corrected chi connectivity index (χ2v) is 4.95. The molecule has 1 unspecified atom stereocenters. The van der Waals surface area contributed by atoms with Crippen molar-refractivity contribution in [2.24, 2.45) is 0 Å². The Labute approximate surface area is 126 Å². The van der Waals surface area contributed by atoms with Gasteiger partial charge in [0, 0.05) is 12.2 Å². The standard InChI is InChI=1S/C16H16F2N2O2/c1-9-6-7-11(10(2)20-9)16(22)19-8-14(21)15-12(17)4-3-5-13(15)18/h3-7,14,21H,8H2,1-2H3,(H,19,22). The summed E-state index contributed by atoms with van der Waals surface area (Å²) in [6.45, 7) is 3.19. The third kappa shape index (κ3) is 3.46. The van der Waals surface area contributed by atoms with Crippen LogP contribution in [0, 0.1) is 25.5 Å². The summed E-state index contributed by atoms with van der Waals surface area (Å²) in [5, 5.41) is 12.3. The Balaban J connectivity index is 2.08. The third-order valence-electron chi connectivity index (χ3n) is 3.26. The van der Waals surface area contributed by atoms with Gasteiger partial charge in [0.05, 0.1) is 16.8 Å². The predicted molar refractivity (Wildman–Crippen MR) is 77.4 cm³/mol. The van der Waals surface area contributed by atoms with Gasteiger partial charge in [-0.1, -0.05) is 6.07 Å². The number of aryl methyl sites for hydroxylation is 2. The molecule has 0 spiro atoms. The molecule has 1 heterocycles. The molecule has 0 saturated heterocycles. The van der Waals surface area contributed by atoms with Crippen molar-refractivity contribution in [3.63, 3.8) is 0 Å². The number of nitrogens with one attached hydrogen (secondary N) is 1. The van der Waals surface area contributed by atoms with E-state index >= 15 is 0 Å². The lowest BCUT2D eigenvalue weighted by Gasteiger charge is -2.14. The summed E-state index contributed by atoms with van der Waals surface area (Å²) in [6.07, 6.45) is -1.47. The maximum Gasteiger partial charge on any atom is 0.253 e. The van der Waals surface area contributed by atoms with Gasteiger partial charge < -0.3 is 10.4 Å². The number of pyridine rings is 1. The molecule has 0 saturated carbocycles. The molecule has 1 aromatic heterocycles. The maximum absolute atomic E-state index is 13.5. The van der Waals surface area contributed by atoms with Crippen molar-refractivity contribution in [3.8, 4) is 0 Å². The van der Waals surface area contributed by atoms with Crippen LogP contribution in [0.3, 0.4) is 0 Å². The smallest absolute Gasteiger partial charge is 0.253 e. The van der Waals surface area contributed by atoms with Crippen LogP contribution < -0.4 is 5.32 Å². The second-order valence-electron chi connectivity index (χ2n) is 4.95. The lowest BCUT2D eigenvalue weighted by molar-refractivity contribution is 0.0910. The van der Waals surface area contributed by atoms with Crippen molar-refractivity contribution in [1.29, 1.82) is 0 Å². The van der Waals surface area contributed by atoms with E-state index in [0.717, 1.165) is 17.8 Å². The van der Waals surface area contributed by atoms with Gasteiger partial charge in [0.1, 0.15) is 17.7 Å². The largest absolute Gasteiger partial charge is 0.386 e. The quantitative estimate of drug-likeness (QED) is 0.912. The second kappa shape index (κ2) is 6.62. The van der Waals surface area contributed by atoms with Crippen molar-refractivity contribution >= 4 is 5.91 Å². The van der Waals surface area contributed by atoms with E-state index < -0.39 is 29.2 Å². The van der Waals surface area contributed by atoms with Gasteiger partial charge in [-0.15, -0.1) is 0 Å². The zero-order valence-corrected chi connectivity index (χ0v) is 12.2. The molecule has 2 rings (SSSR count). The summed E-state index contributed by atoms with van der Waals surface area (Å²) in [5.74, 6) is -2.16. The van der Waals surface area contributed by atoms with Gasteiger partial charge in [0.2, 0.25) is 0 Å². The van der Waals surface area contributed by atoms with Crippen LogP contribution in [0.15, 0.2) is 30.3 Å². The molecule has 0 aliphatic heterocycles. The van der Waals surface area contributed by atoms with Crippen LogP contribution in [0.2, 0.25) is 0 Å². The average molecular weight is 306 g/mol. The molecule has 0 aliphatic carbocycles. The Morgan fingerprint density at radius 1 is 1.23 bits per heavy atom.